The SMILES string of the molecule is C=CN(C=NC)Cc1ccc(C)c(C)c1. The van der Waals surface area contributed by atoms with Gasteiger partial charge in [-0.3, -0.25) is 4.99 Å². The molecule has 1 rings (SSSR count). The highest BCUT2D eigenvalue weighted by Crippen LogP contribution is 2.11. The zero-order valence-electron chi connectivity index (χ0n) is 9.70. The topological polar surface area (TPSA) is 15.6 Å². The Balaban J connectivity index is 2.79. The van der Waals surface area contributed by atoms with E-state index in [1.807, 2.05) is 4.90 Å². The Morgan fingerprint density at radius 1 is 1.33 bits per heavy atom. The maximum Gasteiger partial charge on any atom is 0.0889 e. The molecule has 0 spiro atoms. The molecule has 0 aliphatic heterocycles. The van der Waals surface area contributed by atoms with Gasteiger partial charge in [0.15, 0.2) is 0 Å². The number of hydrogen-bond donors (Lipinski definition) is 0. The average molecular weight is 202 g/mol. The van der Waals surface area contributed by atoms with Crippen LogP contribution in [-0.4, -0.2) is 18.3 Å². The smallest absolute Gasteiger partial charge is 0.0889 e. The molecule has 0 N–H and O–H groups in total. The van der Waals surface area contributed by atoms with Crippen LogP contribution in [0, 0.1) is 13.8 Å². The fourth-order valence-electron chi connectivity index (χ4n) is 1.41. The molecule has 80 valence electrons. The van der Waals surface area contributed by atoms with Crippen molar-refractivity contribution in [3.63, 3.8) is 0 Å². The molecule has 0 bridgehead atoms. The quantitative estimate of drug-likeness (QED) is 0.541. The first-order valence-corrected chi connectivity index (χ1v) is 5.04. The van der Waals surface area contributed by atoms with Crippen molar-refractivity contribution in [2.45, 2.75) is 20.4 Å². The molecule has 0 saturated carbocycles. The number of hydrogen-bond acceptors (Lipinski definition) is 1. The van der Waals surface area contributed by atoms with Gasteiger partial charge in [-0.25, -0.2) is 0 Å². The predicted octanol–water partition coefficient (Wildman–Crippen LogP) is 2.91. The van der Waals surface area contributed by atoms with E-state index < -0.39 is 0 Å². The van der Waals surface area contributed by atoms with Gasteiger partial charge in [0.05, 0.1) is 6.34 Å². The molecule has 15 heavy (non-hydrogen) atoms. The van der Waals surface area contributed by atoms with Gasteiger partial charge in [-0.15, -0.1) is 0 Å². The van der Waals surface area contributed by atoms with Crippen molar-refractivity contribution >= 4 is 6.34 Å². The van der Waals surface area contributed by atoms with Crippen molar-refractivity contribution in [1.29, 1.82) is 0 Å². The summed E-state index contributed by atoms with van der Waals surface area (Å²) >= 11 is 0. The summed E-state index contributed by atoms with van der Waals surface area (Å²) < 4.78 is 0. The van der Waals surface area contributed by atoms with E-state index in [0.717, 1.165) is 6.54 Å². The van der Waals surface area contributed by atoms with E-state index in [4.69, 9.17) is 0 Å². The molecular weight excluding hydrogens is 184 g/mol. The Labute approximate surface area is 92.0 Å². The second kappa shape index (κ2) is 5.35. The molecule has 0 atom stereocenters. The highest BCUT2D eigenvalue weighted by Gasteiger charge is 1.99. The van der Waals surface area contributed by atoms with Gasteiger partial charge in [0.25, 0.3) is 0 Å². The van der Waals surface area contributed by atoms with Gasteiger partial charge < -0.3 is 4.90 Å². The Morgan fingerprint density at radius 3 is 2.60 bits per heavy atom. The monoisotopic (exact) mass is 202 g/mol. The molecule has 0 aliphatic carbocycles. The lowest BCUT2D eigenvalue weighted by Gasteiger charge is -2.14. The van der Waals surface area contributed by atoms with Crippen molar-refractivity contribution in [2.24, 2.45) is 4.99 Å². The lowest BCUT2D eigenvalue weighted by molar-refractivity contribution is 0.569. The molecule has 1 aromatic carbocycles. The van der Waals surface area contributed by atoms with E-state index in [2.05, 4.69) is 43.6 Å². The third-order valence-corrected chi connectivity index (χ3v) is 2.43. The summed E-state index contributed by atoms with van der Waals surface area (Å²) in [5.74, 6) is 0. The third-order valence-electron chi connectivity index (χ3n) is 2.43. The average Bonchev–Trinajstić information content (AvgIpc) is 2.23. The molecule has 0 fully saturated rings. The maximum absolute atomic E-state index is 3.97. The fraction of sp³-hybridized carbons (Fsp3) is 0.308. The molecule has 1 aromatic rings. The van der Waals surface area contributed by atoms with Crippen LogP contribution in [0.3, 0.4) is 0 Å². The molecular formula is C13H18N2. The van der Waals surface area contributed by atoms with Crippen LogP contribution in [0.1, 0.15) is 16.7 Å². The first-order valence-electron chi connectivity index (χ1n) is 5.04. The van der Waals surface area contributed by atoms with Gasteiger partial charge >= 0.3 is 0 Å². The fourth-order valence-corrected chi connectivity index (χ4v) is 1.41. The van der Waals surface area contributed by atoms with Crippen molar-refractivity contribution in [3.05, 3.63) is 47.7 Å². The van der Waals surface area contributed by atoms with Gasteiger partial charge in [0.1, 0.15) is 0 Å². The van der Waals surface area contributed by atoms with E-state index in [-0.39, 0.29) is 0 Å². The number of benzene rings is 1. The van der Waals surface area contributed by atoms with Crippen molar-refractivity contribution < 1.29 is 0 Å². The maximum atomic E-state index is 3.97. The predicted molar refractivity (Wildman–Crippen MR) is 66.1 cm³/mol. The zero-order valence-corrected chi connectivity index (χ0v) is 9.70. The normalized spacial score (nSPS) is 10.6. The van der Waals surface area contributed by atoms with Crippen LogP contribution in [0.5, 0.6) is 0 Å². The first kappa shape index (κ1) is 11.5. The van der Waals surface area contributed by atoms with Crippen LogP contribution in [-0.2, 0) is 6.54 Å². The summed E-state index contributed by atoms with van der Waals surface area (Å²) in [6.45, 7) is 8.82. The molecule has 2 nitrogen and oxygen atoms in total. The van der Waals surface area contributed by atoms with Gasteiger partial charge in [-0.1, -0.05) is 24.8 Å². The van der Waals surface area contributed by atoms with Crippen molar-refractivity contribution in [1.82, 2.24) is 4.90 Å². The highest BCUT2D eigenvalue weighted by molar-refractivity contribution is 5.56. The largest absolute Gasteiger partial charge is 0.336 e. The lowest BCUT2D eigenvalue weighted by atomic mass is 10.1. The van der Waals surface area contributed by atoms with Gasteiger partial charge in [-0.05, 0) is 36.7 Å². The van der Waals surface area contributed by atoms with Crippen molar-refractivity contribution in [2.75, 3.05) is 7.05 Å². The summed E-state index contributed by atoms with van der Waals surface area (Å²) in [6.07, 6.45) is 3.56. The number of aryl methyl sites for hydroxylation is 2. The minimum Gasteiger partial charge on any atom is -0.336 e. The van der Waals surface area contributed by atoms with E-state index in [9.17, 15) is 0 Å². The van der Waals surface area contributed by atoms with E-state index in [1.54, 1.807) is 19.6 Å². The molecule has 0 saturated heterocycles. The van der Waals surface area contributed by atoms with E-state index >= 15 is 0 Å². The molecule has 2 heteroatoms. The highest BCUT2D eigenvalue weighted by atomic mass is 15.1. The summed E-state index contributed by atoms with van der Waals surface area (Å²) in [7, 11) is 1.76. The van der Waals surface area contributed by atoms with Gasteiger partial charge in [0, 0.05) is 13.6 Å². The summed E-state index contributed by atoms with van der Waals surface area (Å²) in [5, 5.41) is 0. The van der Waals surface area contributed by atoms with Crippen LogP contribution in [0.15, 0.2) is 36.0 Å². The van der Waals surface area contributed by atoms with Crippen LogP contribution in [0.2, 0.25) is 0 Å². The van der Waals surface area contributed by atoms with Crippen LogP contribution in [0.4, 0.5) is 0 Å². The van der Waals surface area contributed by atoms with Gasteiger partial charge in [0.2, 0.25) is 0 Å². The first-order chi connectivity index (χ1) is 7.17. The minimum absolute atomic E-state index is 0.821. The van der Waals surface area contributed by atoms with E-state index in [1.165, 1.54) is 16.7 Å². The Kier molecular flexibility index (Phi) is 4.10. The van der Waals surface area contributed by atoms with Crippen LogP contribution < -0.4 is 0 Å². The Bertz CT molecular complexity index is 367. The third kappa shape index (κ3) is 3.24. The summed E-state index contributed by atoms with van der Waals surface area (Å²) in [5.41, 5.74) is 3.93. The molecule has 0 radical (unpaired) electrons. The second-order valence-electron chi connectivity index (χ2n) is 3.65. The summed E-state index contributed by atoms with van der Waals surface area (Å²) in [4.78, 5) is 5.94. The molecule has 0 aromatic heterocycles. The summed E-state index contributed by atoms with van der Waals surface area (Å²) in [6, 6.07) is 6.49. The molecule has 0 aliphatic rings. The van der Waals surface area contributed by atoms with Crippen LogP contribution in [0.25, 0.3) is 0 Å². The van der Waals surface area contributed by atoms with E-state index in [0.29, 0.717) is 0 Å². The molecule has 0 heterocycles. The molecule has 0 amide bonds. The Morgan fingerprint density at radius 2 is 2.07 bits per heavy atom. The van der Waals surface area contributed by atoms with Crippen molar-refractivity contribution in [3.8, 4) is 0 Å². The number of rotatable bonds is 4. The van der Waals surface area contributed by atoms with Crippen LogP contribution >= 0.6 is 0 Å². The standard InChI is InChI=1S/C13H18N2/c1-5-15(10-14-4)9-13-7-6-11(2)12(3)8-13/h5-8,10H,1,9H2,2-4H3. The lowest BCUT2D eigenvalue weighted by Crippen LogP contribution is -2.13. The van der Waals surface area contributed by atoms with Gasteiger partial charge in [-0.2, -0.15) is 0 Å². The Hall–Kier alpha value is -1.57. The number of aliphatic imine (C=N–C) groups is 1. The second-order valence-corrected chi connectivity index (χ2v) is 3.65. The molecule has 0 unspecified atom stereocenters. The minimum atomic E-state index is 0.821. The number of nitrogens with zero attached hydrogens (tertiary/aromatic N) is 2. The zero-order chi connectivity index (χ0) is 11.3.